The molecule has 0 saturated carbocycles. The van der Waals surface area contributed by atoms with Crippen molar-refractivity contribution in [1.29, 1.82) is 0 Å². The van der Waals surface area contributed by atoms with E-state index in [4.69, 9.17) is 25.8 Å². The lowest BCUT2D eigenvalue weighted by Crippen LogP contribution is -2.32. The molecule has 7 nitrogen and oxygen atoms in total. The molecule has 1 amide bonds. The molecule has 1 aliphatic heterocycles. The van der Waals surface area contributed by atoms with Crippen LogP contribution in [0.3, 0.4) is 0 Å². The van der Waals surface area contributed by atoms with E-state index in [0.29, 0.717) is 40.9 Å². The van der Waals surface area contributed by atoms with E-state index in [1.54, 1.807) is 36.4 Å². The molecule has 0 aliphatic carbocycles. The van der Waals surface area contributed by atoms with Crippen LogP contribution in [0, 0.1) is 6.92 Å². The fourth-order valence-corrected chi connectivity index (χ4v) is 4.52. The zero-order valence-electron chi connectivity index (χ0n) is 21.6. The molecule has 0 bridgehead atoms. The van der Waals surface area contributed by atoms with Crippen LogP contribution in [0.5, 0.6) is 11.5 Å². The number of nitrogens with zero attached hydrogens (tertiary/aromatic N) is 1. The van der Waals surface area contributed by atoms with Crippen LogP contribution in [0.1, 0.15) is 35.2 Å². The van der Waals surface area contributed by atoms with Crippen molar-refractivity contribution in [2.45, 2.75) is 26.5 Å². The van der Waals surface area contributed by atoms with Crippen LogP contribution >= 0.6 is 11.6 Å². The lowest BCUT2D eigenvalue weighted by molar-refractivity contribution is -0.140. The number of ether oxygens (including phenoxy) is 3. The number of aliphatic hydroxyl groups excluding tert-OH is 1. The summed E-state index contributed by atoms with van der Waals surface area (Å²) >= 11 is 6.22. The normalized spacial score (nSPS) is 16.6. The number of rotatable bonds is 10. The summed E-state index contributed by atoms with van der Waals surface area (Å²) in [7, 11) is 1.52. The quantitative estimate of drug-likeness (QED) is 0.204. The highest BCUT2D eigenvalue weighted by Gasteiger charge is 2.46. The number of benzene rings is 3. The third kappa shape index (κ3) is 5.85. The number of hydrogen-bond acceptors (Lipinski definition) is 6. The average Bonchev–Trinajstić information content (AvgIpc) is 3.17. The van der Waals surface area contributed by atoms with Crippen molar-refractivity contribution >= 4 is 29.1 Å². The predicted octanol–water partition coefficient (Wildman–Crippen LogP) is 5.69. The fraction of sp³-hybridized carbons (Fsp3) is 0.267. The summed E-state index contributed by atoms with van der Waals surface area (Å²) in [5.74, 6) is -0.849. The van der Waals surface area contributed by atoms with E-state index >= 15 is 0 Å². The van der Waals surface area contributed by atoms with Crippen molar-refractivity contribution < 1.29 is 28.9 Å². The number of ketones is 1. The van der Waals surface area contributed by atoms with Crippen LogP contribution in [0.2, 0.25) is 5.02 Å². The molecule has 1 fully saturated rings. The summed E-state index contributed by atoms with van der Waals surface area (Å²) < 4.78 is 16.8. The molecule has 4 rings (SSSR count). The molecule has 8 heteroatoms. The Kier molecular flexibility index (Phi) is 8.71. The monoisotopic (exact) mass is 535 g/mol. The number of carbonyl (C=O) groups excluding carboxylic acids is 2. The van der Waals surface area contributed by atoms with E-state index < -0.39 is 17.7 Å². The number of aryl methyl sites for hydroxylation is 1. The summed E-state index contributed by atoms with van der Waals surface area (Å²) in [5, 5.41) is 11.7. The third-order valence-corrected chi connectivity index (χ3v) is 6.59. The Morgan fingerprint density at radius 1 is 1.03 bits per heavy atom. The average molecular weight is 536 g/mol. The Balaban J connectivity index is 1.74. The van der Waals surface area contributed by atoms with E-state index in [-0.39, 0.29) is 24.5 Å². The first-order chi connectivity index (χ1) is 18.3. The third-order valence-electron chi connectivity index (χ3n) is 6.28. The molecule has 0 spiro atoms. The minimum Gasteiger partial charge on any atom is -0.507 e. The predicted molar refractivity (Wildman–Crippen MR) is 145 cm³/mol. The van der Waals surface area contributed by atoms with E-state index in [1.165, 1.54) is 12.0 Å². The number of carbonyl (C=O) groups is 2. The highest BCUT2D eigenvalue weighted by molar-refractivity contribution is 6.46. The fourth-order valence-electron chi connectivity index (χ4n) is 4.34. The van der Waals surface area contributed by atoms with Gasteiger partial charge in [-0.3, -0.25) is 9.59 Å². The van der Waals surface area contributed by atoms with Crippen molar-refractivity contribution in [3.63, 3.8) is 0 Å². The van der Waals surface area contributed by atoms with Crippen molar-refractivity contribution in [3.8, 4) is 11.5 Å². The first-order valence-electron chi connectivity index (χ1n) is 12.3. The zero-order valence-corrected chi connectivity index (χ0v) is 22.3. The van der Waals surface area contributed by atoms with Gasteiger partial charge in [-0.05, 0) is 55.3 Å². The Labute approximate surface area is 227 Å². The molecule has 198 valence electrons. The van der Waals surface area contributed by atoms with Gasteiger partial charge in [-0.15, -0.1) is 0 Å². The molecule has 3 aromatic carbocycles. The number of Topliss-reactive ketones (excluding diaryl/α,β-unsaturated/α-hetero) is 1. The molecule has 1 atom stereocenters. The van der Waals surface area contributed by atoms with Crippen LogP contribution in [-0.2, 0) is 20.9 Å². The summed E-state index contributed by atoms with van der Waals surface area (Å²) in [5.41, 5.74) is 3.10. The molecular formula is C30H30ClNO6. The molecule has 0 aromatic heterocycles. The highest BCUT2D eigenvalue weighted by atomic mass is 35.5. The van der Waals surface area contributed by atoms with Gasteiger partial charge >= 0.3 is 0 Å². The highest BCUT2D eigenvalue weighted by Crippen LogP contribution is 2.41. The minimum atomic E-state index is -0.834. The lowest BCUT2D eigenvalue weighted by atomic mass is 9.95. The van der Waals surface area contributed by atoms with Crippen LogP contribution < -0.4 is 9.47 Å². The van der Waals surface area contributed by atoms with Gasteiger partial charge in [0.1, 0.15) is 23.9 Å². The summed E-state index contributed by atoms with van der Waals surface area (Å²) in [6, 6.07) is 19.1. The summed E-state index contributed by atoms with van der Waals surface area (Å²) in [6.07, 6.45) is 0. The van der Waals surface area contributed by atoms with E-state index in [9.17, 15) is 14.7 Å². The molecule has 1 saturated heterocycles. The Hall–Kier alpha value is -3.81. The Morgan fingerprint density at radius 2 is 1.79 bits per heavy atom. The molecule has 38 heavy (non-hydrogen) atoms. The number of aliphatic hydroxyl groups is 1. The maximum Gasteiger partial charge on any atom is 0.295 e. The number of methoxy groups -OCH3 is 1. The first kappa shape index (κ1) is 27.2. The minimum absolute atomic E-state index is 0.0217. The topological polar surface area (TPSA) is 85.3 Å². The second-order valence-electron chi connectivity index (χ2n) is 8.91. The molecule has 3 aromatic rings. The van der Waals surface area contributed by atoms with E-state index in [1.807, 2.05) is 44.2 Å². The van der Waals surface area contributed by atoms with Crippen LogP contribution in [0.4, 0.5) is 0 Å². The van der Waals surface area contributed by atoms with Gasteiger partial charge < -0.3 is 24.2 Å². The van der Waals surface area contributed by atoms with Crippen LogP contribution in [-0.4, -0.2) is 48.6 Å². The van der Waals surface area contributed by atoms with Gasteiger partial charge in [-0.25, -0.2) is 0 Å². The summed E-state index contributed by atoms with van der Waals surface area (Å²) in [4.78, 5) is 27.7. The van der Waals surface area contributed by atoms with E-state index in [2.05, 4.69) is 0 Å². The molecule has 1 aliphatic rings. The standard InChI is InChI=1S/C30H30ClNO6/c1-4-37-25-17-22(12-13-24(25)31)28(33)26-27(32(14-15-36-3)30(35)29(26)34)21-6-5-7-23(16-21)38-18-20-10-8-19(2)9-11-20/h5-13,16-17,27,33H,4,14-15,18H2,1-3H3/b28-26-. The number of hydrogen-bond donors (Lipinski definition) is 1. The van der Waals surface area contributed by atoms with Crippen LogP contribution in [0.25, 0.3) is 5.76 Å². The number of amides is 1. The van der Waals surface area contributed by atoms with Crippen LogP contribution in [0.15, 0.2) is 72.3 Å². The van der Waals surface area contributed by atoms with Gasteiger partial charge in [0.2, 0.25) is 0 Å². The first-order valence-corrected chi connectivity index (χ1v) is 12.7. The zero-order chi connectivity index (χ0) is 27.2. The van der Waals surface area contributed by atoms with Gasteiger partial charge in [0.15, 0.2) is 0 Å². The maximum atomic E-state index is 13.2. The van der Waals surface area contributed by atoms with Crippen molar-refractivity contribution in [2.75, 3.05) is 26.9 Å². The van der Waals surface area contributed by atoms with Gasteiger partial charge in [-0.2, -0.15) is 0 Å². The molecule has 1 heterocycles. The largest absolute Gasteiger partial charge is 0.507 e. The number of likely N-dealkylation sites (tertiary alicyclic amines) is 1. The van der Waals surface area contributed by atoms with E-state index in [0.717, 1.165) is 11.1 Å². The van der Waals surface area contributed by atoms with Crippen molar-refractivity contribution in [1.82, 2.24) is 4.90 Å². The second-order valence-corrected chi connectivity index (χ2v) is 9.32. The Bertz CT molecular complexity index is 1350. The van der Waals surface area contributed by atoms with Gasteiger partial charge in [-0.1, -0.05) is 53.6 Å². The summed E-state index contributed by atoms with van der Waals surface area (Å²) in [6.45, 7) is 4.97. The Morgan fingerprint density at radius 3 is 2.50 bits per heavy atom. The van der Waals surface area contributed by atoms with Gasteiger partial charge in [0.25, 0.3) is 11.7 Å². The molecule has 1 N–H and O–H groups in total. The SMILES string of the molecule is CCOc1cc(/C(O)=C2/C(=O)C(=O)N(CCOC)C2c2cccc(OCc3ccc(C)cc3)c2)ccc1Cl. The van der Waals surface area contributed by atoms with Crippen molar-refractivity contribution in [3.05, 3.63) is 99.6 Å². The lowest BCUT2D eigenvalue weighted by Gasteiger charge is -2.25. The second kappa shape index (κ2) is 12.2. The van der Waals surface area contributed by atoms with Crippen molar-refractivity contribution in [2.24, 2.45) is 0 Å². The molecule has 1 unspecified atom stereocenters. The smallest absolute Gasteiger partial charge is 0.295 e. The molecular weight excluding hydrogens is 506 g/mol. The van der Waals surface area contributed by atoms with Gasteiger partial charge in [0.05, 0.1) is 29.9 Å². The van der Waals surface area contributed by atoms with Gasteiger partial charge in [0, 0.05) is 19.2 Å². The maximum absolute atomic E-state index is 13.2. The molecule has 0 radical (unpaired) electrons. The number of halogens is 1.